The van der Waals surface area contributed by atoms with Gasteiger partial charge in [0.05, 0.1) is 26.8 Å². The third-order valence-corrected chi connectivity index (χ3v) is 10.6. The van der Waals surface area contributed by atoms with E-state index in [0.717, 1.165) is 0 Å². The van der Waals surface area contributed by atoms with E-state index in [4.69, 9.17) is 0 Å². The SMILES string of the molecule is c1ccc(-c2ccc(-n3c4ccccc4c4ccc5c6ccc7c(c8ccccc8n7-c7ccccc7)c6sc5c43)cc2)cc1. The van der Waals surface area contributed by atoms with E-state index in [1.807, 2.05) is 11.3 Å². The normalized spacial score (nSPS) is 12.0. The number of rotatable bonds is 3. The molecule has 10 aromatic rings. The first kappa shape index (κ1) is 24.8. The van der Waals surface area contributed by atoms with Crippen LogP contribution in [0.3, 0.4) is 0 Å². The third kappa shape index (κ3) is 3.50. The van der Waals surface area contributed by atoms with Crippen LogP contribution in [-0.4, -0.2) is 9.13 Å². The number of nitrogens with zero attached hydrogens (tertiary/aromatic N) is 2. The molecule has 0 fully saturated rings. The van der Waals surface area contributed by atoms with Crippen molar-refractivity contribution < 1.29 is 0 Å². The molecule has 3 aromatic heterocycles. The van der Waals surface area contributed by atoms with Gasteiger partial charge in [0.25, 0.3) is 0 Å². The number of hydrogen-bond donors (Lipinski definition) is 0. The van der Waals surface area contributed by atoms with Gasteiger partial charge >= 0.3 is 0 Å². The van der Waals surface area contributed by atoms with Crippen LogP contribution >= 0.6 is 11.3 Å². The highest BCUT2D eigenvalue weighted by Crippen LogP contribution is 2.47. The minimum Gasteiger partial charge on any atom is -0.309 e. The van der Waals surface area contributed by atoms with E-state index in [1.165, 1.54) is 86.3 Å². The van der Waals surface area contributed by atoms with E-state index in [1.54, 1.807) is 0 Å². The average molecular weight is 591 g/mol. The Labute approximate surface area is 263 Å². The van der Waals surface area contributed by atoms with Crippen molar-refractivity contribution in [2.24, 2.45) is 0 Å². The maximum absolute atomic E-state index is 2.47. The molecule has 0 spiro atoms. The molecular weight excluding hydrogens is 565 g/mol. The predicted octanol–water partition coefficient (Wildman–Crippen LogP) is 11.9. The topological polar surface area (TPSA) is 9.86 Å². The van der Waals surface area contributed by atoms with Gasteiger partial charge in [-0.15, -0.1) is 11.3 Å². The van der Waals surface area contributed by atoms with Crippen LogP contribution in [-0.2, 0) is 0 Å². The van der Waals surface area contributed by atoms with Crippen molar-refractivity contribution >= 4 is 75.1 Å². The quantitative estimate of drug-likeness (QED) is 0.194. The molecule has 0 N–H and O–H groups in total. The summed E-state index contributed by atoms with van der Waals surface area (Å²) in [6, 6.07) is 57.4. The molecule has 0 saturated carbocycles. The Morgan fingerprint density at radius 2 is 0.889 bits per heavy atom. The minimum atomic E-state index is 1.18. The molecule has 0 aliphatic rings. The zero-order valence-electron chi connectivity index (χ0n) is 24.3. The summed E-state index contributed by atoms with van der Waals surface area (Å²) in [5.41, 5.74) is 9.82. The van der Waals surface area contributed by atoms with Crippen LogP contribution in [0.15, 0.2) is 158 Å². The maximum Gasteiger partial charge on any atom is 0.0719 e. The van der Waals surface area contributed by atoms with Gasteiger partial charge in [-0.25, -0.2) is 0 Å². The lowest BCUT2D eigenvalue weighted by Gasteiger charge is -2.10. The van der Waals surface area contributed by atoms with Crippen LogP contribution in [0.2, 0.25) is 0 Å². The Morgan fingerprint density at radius 1 is 0.333 bits per heavy atom. The summed E-state index contributed by atoms with van der Waals surface area (Å²) >= 11 is 1.93. The molecular formula is C42H26N2S. The van der Waals surface area contributed by atoms with Crippen molar-refractivity contribution in [1.29, 1.82) is 0 Å². The standard InChI is InChI=1S/C42H26N2S/c1-3-11-27(12-4-1)28-19-21-30(22-20-28)44-36-17-9-7-15-31(36)32-23-24-34-33-25-26-38-39(41(33)45-42(34)40(32)44)35-16-8-10-18-37(35)43(38)29-13-5-2-6-14-29/h1-26H. The lowest BCUT2D eigenvalue weighted by molar-refractivity contribution is 1.18. The van der Waals surface area contributed by atoms with Crippen LogP contribution in [0.25, 0.3) is 86.3 Å². The molecule has 210 valence electrons. The van der Waals surface area contributed by atoms with Crippen LogP contribution in [0.4, 0.5) is 0 Å². The number of para-hydroxylation sites is 3. The zero-order chi connectivity index (χ0) is 29.5. The summed E-state index contributed by atoms with van der Waals surface area (Å²) in [6.45, 7) is 0. The van der Waals surface area contributed by atoms with Gasteiger partial charge in [-0.1, -0.05) is 115 Å². The van der Waals surface area contributed by atoms with E-state index in [0.29, 0.717) is 0 Å². The second-order valence-corrected chi connectivity index (χ2v) is 12.8. The Hall–Kier alpha value is -5.64. The second-order valence-electron chi connectivity index (χ2n) is 11.7. The van der Waals surface area contributed by atoms with Gasteiger partial charge in [-0.3, -0.25) is 0 Å². The molecule has 2 nitrogen and oxygen atoms in total. The largest absolute Gasteiger partial charge is 0.309 e. The highest BCUT2D eigenvalue weighted by molar-refractivity contribution is 7.27. The van der Waals surface area contributed by atoms with E-state index in [2.05, 4.69) is 167 Å². The molecule has 0 radical (unpaired) electrons. The molecule has 0 saturated heterocycles. The molecule has 7 aromatic carbocycles. The first-order valence-electron chi connectivity index (χ1n) is 15.4. The van der Waals surface area contributed by atoms with Crippen molar-refractivity contribution in [2.45, 2.75) is 0 Å². The smallest absolute Gasteiger partial charge is 0.0719 e. The van der Waals surface area contributed by atoms with Gasteiger partial charge in [-0.05, 0) is 53.6 Å². The van der Waals surface area contributed by atoms with Gasteiger partial charge in [-0.2, -0.15) is 0 Å². The fourth-order valence-corrected chi connectivity index (χ4v) is 8.74. The number of hydrogen-bond acceptors (Lipinski definition) is 1. The minimum absolute atomic E-state index is 1.18. The second kappa shape index (κ2) is 9.43. The van der Waals surface area contributed by atoms with Crippen LogP contribution in [0.1, 0.15) is 0 Å². The van der Waals surface area contributed by atoms with E-state index < -0.39 is 0 Å². The number of benzene rings is 7. The summed E-state index contributed by atoms with van der Waals surface area (Å²) in [4.78, 5) is 0. The molecule has 0 aliphatic heterocycles. The van der Waals surface area contributed by atoms with Gasteiger partial charge in [0, 0.05) is 48.4 Å². The Bertz CT molecular complexity index is 2730. The lowest BCUT2D eigenvalue weighted by Crippen LogP contribution is -1.93. The molecule has 45 heavy (non-hydrogen) atoms. The highest BCUT2D eigenvalue weighted by atomic mass is 32.1. The van der Waals surface area contributed by atoms with Crippen LogP contribution in [0.5, 0.6) is 0 Å². The molecule has 3 heteroatoms. The lowest BCUT2D eigenvalue weighted by atomic mass is 10.1. The Morgan fingerprint density at radius 3 is 1.67 bits per heavy atom. The fraction of sp³-hybridized carbons (Fsp3) is 0. The molecule has 0 bridgehead atoms. The summed E-state index contributed by atoms with van der Waals surface area (Å²) in [5.74, 6) is 0. The van der Waals surface area contributed by atoms with Crippen molar-refractivity contribution in [2.75, 3.05) is 0 Å². The Balaban J connectivity index is 1.31. The van der Waals surface area contributed by atoms with Crippen molar-refractivity contribution in [3.8, 4) is 22.5 Å². The monoisotopic (exact) mass is 590 g/mol. The molecule has 0 atom stereocenters. The summed E-state index contributed by atoms with van der Waals surface area (Å²) in [6.07, 6.45) is 0. The highest BCUT2D eigenvalue weighted by Gasteiger charge is 2.21. The van der Waals surface area contributed by atoms with Crippen molar-refractivity contribution in [1.82, 2.24) is 9.13 Å². The number of aromatic nitrogens is 2. The third-order valence-electron chi connectivity index (χ3n) is 9.32. The predicted molar refractivity (Wildman–Crippen MR) is 193 cm³/mol. The van der Waals surface area contributed by atoms with Gasteiger partial charge < -0.3 is 9.13 Å². The van der Waals surface area contributed by atoms with E-state index in [-0.39, 0.29) is 0 Å². The van der Waals surface area contributed by atoms with Gasteiger partial charge in [0.1, 0.15) is 0 Å². The molecule has 10 rings (SSSR count). The average Bonchev–Trinajstić information content (AvgIpc) is 3.77. The van der Waals surface area contributed by atoms with E-state index >= 15 is 0 Å². The molecule has 0 aliphatic carbocycles. The number of fused-ring (bicyclic) bond motifs is 11. The maximum atomic E-state index is 2.47. The van der Waals surface area contributed by atoms with Crippen LogP contribution in [0, 0.1) is 0 Å². The summed E-state index contributed by atoms with van der Waals surface area (Å²) in [7, 11) is 0. The summed E-state index contributed by atoms with van der Waals surface area (Å²) in [5, 5.41) is 7.82. The van der Waals surface area contributed by atoms with Gasteiger partial charge in [0.15, 0.2) is 0 Å². The van der Waals surface area contributed by atoms with Crippen molar-refractivity contribution in [3.63, 3.8) is 0 Å². The number of thiophene rings is 1. The first-order chi connectivity index (χ1) is 22.3. The first-order valence-corrected chi connectivity index (χ1v) is 16.2. The van der Waals surface area contributed by atoms with E-state index in [9.17, 15) is 0 Å². The molecule has 0 amide bonds. The van der Waals surface area contributed by atoms with Crippen molar-refractivity contribution in [3.05, 3.63) is 158 Å². The molecule has 0 unspecified atom stereocenters. The molecule has 3 heterocycles. The Kier molecular flexibility index (Phi) is 5.19. The fourth-order valence-electron chi connectivity index (χ4n) is 7.35. The van der Waals surface area contributed by atoms with Gasteiger partial charge in [0.2, 0.25) is 0 Å². The van der Waals surface area contributed by atoms with Crippen LogP contribution < -0.4 is 0 Å². The zero-order valence-corrected chi connectivity index (χ0v) is 25.1. The summed E-state index contributed by atoms with van der Waals surface area (Å²) < 4.78 is 7.56.